The fraction of sp³-hybridized carbons (Fsp3) is 0.494. The normalized spacial score (nSPS) is 23.2. The van der Waals surface area contributed by atoms with Gasteiger partial charge in [-0.15, -0.1) is 0 Å². The number of fused-ring (bicyclic) bond motifs is 2. The molecule has 5 amide bonds. The second kappa shape index (κ2) is 33.8. The van der Waals surface area contributed by atoms with Gasteiger partial charge in [0, 0.05) is 50.1 Å². The maximum Gasteiger partial charge on any atom is 0.410 e. The van der Waals surface area contributed by atoms with E-state index in [2.05, 4.69) is 16.0 Å². The minimum atomic E-state index is -1.60. The summed E-state index contributed by atoms with van der Waals surface area (Å²) in [6, 6.07) is 25.1. The van der Waals surface area contributed by atoms with Gasteiger partial charge in [0.15, 0.2) is 12.5 Å². The molecule has 4 fully saturated rings. The van der Waals surface area contributed by atoms with Crippen molar-refractivity contribution in [2.45, 2.75) is 186 Å². The van der Waals surface area contributed by atoms with Crippen molar-refractivity contribution in [3.05, 3.63) is 155 Å². The number of ether oxygens (including phenoxy) is 3. The first-order chi connectivity index (χ1) is 49.3. The molecule has 0 bridgehead atoms. The molecule has 0 aliphatic carbocycles. The molecule has 7 aromatic rings. The van der Waals surface area contributed by atoms with Crippen LogP contribution < -0.4 is 16.0 Å². The van der Waals surface area contributed by atoms with Crippen LogP contribution in [0, 0.1) is 34.1 Å². The van der Waals surface area contributed by atoms with Crippen molar-refractivity contribution in [2.75, 3.05) is 47.5 Å². The molecule has 0 radical (unpaired) electrons. The summed E-state index contributed by atoms with van der Waals surface area (Å²) >= 11 is 0. The van der Waals surface area contributed by atoms with E-state index in [0.717, 1.165) is 24.7 Å². The summed E-state index contributed by atoms with van der Waals surface area (Å²) in [5.41, 5.74) is 3.64. The Kier molecular flexibility index (Phi) is 25.9. The van der Waals surface area contributed by atoms with Gasteiger partial charge >= 0.3 is 6.09 Å². The van der Waals surface area contributed by atoms with E-state index in [1.165, 1.54) is 60.5 Å². The van der Waals surface area contributed by atoms with E-state index in [4.69, 9.17) is 19.3 Å². The van der Waals surface area contributed by atoms with Crippen LogP contribution in [0.2, 0.25) is 0 Å². The topological polar surface area (TPSA) is 310 Å². The highest BCUT2D eigenvalue weighted by Gasteiger charge is 2.46. The van der Waals surface area contributed by atoms with Crippen LogP contribution in [0.4, 0.5) is 22.4 Å². The Hall–Kier alpha value is -8.35. The second-order valence-corrected chi connectivity index (χ2v) is 29.3. The van der Waals surface area contributed by atoms with Gasteiger partial charge in [-0.3, -0.25) is 24.1 Å². The van der Waals surface area contributed by atoms with Crippen LogP contribution in [0.15, 0.2) is 115 Å². The van der Waals surface area contributed by atoms with Gasteiger partial charge in [0.25, 0.3) is 0 Å². The average Bonchev–Trinajstić information content (AvgIpc) is 1.58. The third kappa shape index (κ3) is 17.4. The monoisotopic (exact) mass is 1450 g/mol. The van der Waals surface area contributed by atoms with Crippen LogP contribution in [0.3, 0.4) is 0 Å². The lowest BCUT2D eigenvalue weighted by atomic mass is 9.85. The predicted octanol–water partition coefficient (Wildman–Crippen LogP) is 7.40. The molecule has 4 aliphatic rings. The highest BCUT2D eigenvalue weighted by atomic mass is 19.1. The molecule has 4 saturated heterocycles. The minimum absolute atomic E-state index is 0.0353. The van der Waals surface area contributed by atoms with E-state index in [9.17, 15) is 72.2 Å². The molecule has 10 N–H and O–H groups in total. The molecule has 0 spiro atoms. The Morgan fingerprint density at radius 2 is 0.962 bits per heavy atom. The first kappa shape index (κ1) is 79.8. The van der Waals surface area contributed by atoms with Crippen molar-refractivity contribution >= 4 is 51.5 Å². The van der Waals surface area contributed by atoms with Gasteiger partial charge < -0.3 is 84.8 Å². The van der Waals surface area contributed by atoms with Gasteiger partial charge in [0.05, 0.1) is 41.7 Å². The zero-order chi connectivity index (χ0) is 76.0. The molecule has 2 aromatic heterocycles. The third-order valence-corrected chi connectivity index (χ3v) is 20.1. The SMILES string of the molecule is CN[C@@H](C)C(=O)N[C@H](C(=O)N1CCC[C@H]1Cc1c(-c2ccc(F)cc2)n([C@@H]2OC[C@@H](O)[C@H](O)[C@H]2O)c2cc(F)ccc12)C(C)(C)C.CO.C[C@@H](C(=O)N[C@H](C(=O)N1CCC[C@H]1Cc1c(-c2ccc(F)cc2)n([C@@H]2OC[C@@H](O)[C@H](O)[C@H]2O)c2cc(F)ccc12)C(C)(C)C)N(C)C(=O)OCc1ccccc1. The number of benzene rings is 5. The highest BCUT2D eigenvalue weighted by molar-refractivity contribution is 5.95. The number of likely N-dealkylation sites (N-methyl/N-ethyl adjacent to an activating group) is 2. The first-order valence-corrected chi connectivity index (χ1v) is 35.0. The van der Waals surface area contributed by atoms with Gasteiger partial charge in [0.2, 0.25) is 23.6 Å². The number of nitrogens with one attached hydrogen (secondary N) is 3. The van der Waals surface area contributed by atoms with Crippen LogP contribution in [0.1, 0.15) is 110 Å². The molecule has 5 aromatic carbocycles. The molecule has 27 heteroatoms. The molecule has 0 saturated carbocycles. The number of hydrogen-bond donors (Lipinski definition) is 10. The number of amides is 5. The van der Waals surface area contributed by atoms with E-state index in [0.29, 0.717) is 88.7 Å². The molecule has 23 nitrogen and oxygen atoms in total. The summed E-state index contributed by atoms with van der Waals surface area (Å²) < 4.78 is 78.5. The zero-order valence-corrected chi connectivity index (χ0v) is 60.5. The Morgan fingerprint density at radius 3 is 1.36 bits per heavy atom. The summed E-state index contributed by atoms with van der Waals surface area (Å²) in [5.74, 6) is -3.37. The predicted molar refractivity (Wildman–Crippen MR) is 381 cm³/mol. The van der Waals surface area contributed by atoms with Gasteiger partial charge in [-0.1, -0.05) is 71.9 Å². The third-order valence-electron chi connectivity index (χ3n) is 20.1. The van der Waals surface area contributed by atoms with Crippen molar-refractivity contribution in [1.29, 1.82) is 0 Å². The summed E-state index contributed by atoms with van der Waals surface area (Å²) in [5, 5.41) is 80.9. The van der Waals surface area contributed by atoms with Crippen LogP contribution in [-0.2, 0) is 52.8 Å². The molecule has 0 unspecified atom stereocenters. The number of hydrogen-bond acceptors (Lipinski definition) is 16. The standard InChI is InChI=1S/C42H50F2N4O8.C34H44F2N4O6.CH4O/c1-24(46(5)41(54)56-22-25-10-7-6-8-11-25)38(52)45-37(42(2,3)4)39(53)47-19-9-12-29(47)21-31-30-18-17-28(44)20-32(30)48(34(31)26-13-15-27(43)16-14-26)40-36(51)35(50)33(49)23-55-40;1-18(37-5)31(44)38-30(34(2,3)4)32(45)39-14-6-7-22(39)16-24-23-13-12-21(36)15-25(23)40(27(24)19-8-10-20(35)11-9-19)33-29(43)28(42)26(41)17-46-33;1-2/h6-8,10-11,13-18,20,24,29,33,35-37,40,49-51H,9,12,19,21-23H2,1-5H3,(H,45,52);8-13,15,18,22,26,28-30,33,37,41-43H,6-7,14,16-17H2,1-5H3,(H,38,44);2H,1H3/t24-,29-,33+,35-,36+,37+,40+;18-,22-,26+,28-,29+,30+,33+;/m00./s1. The lowest BCUT2D eigenvalue weighted by Gasteiger charge is -2.37. The molecule has 4 aliphatic heterocycles. The number of carbonyl (C=O) groups is 5. The number of halogens is 4. The maximum absolute atomic E-state index is 15.0. The first-order valence-electron chi connectivity index (χ1n) is 35.0. The molecule has 6 heterocycles. The molecule has 104 heavy (non-hydrogen) atoms. The van der Waals surface area contributed by atoms with Crippen LogP contribution in [0.5, 0.6) is 0 Å². The lowest BCUT2D eigenvalue weighted by Crippen LogP contribution is -2.59. The van der Waals surface area contributed by atoms with Crippen molar-refractivity contribution < 1.29 is 91.5 Å². The molecule has 564 valence electrons. The number of aliphatic hydroxyl groups is 7. The van der Waals surface area contributed by atoms with Crippen LogP contribution in [0.25, 0.3) is 44.3 Å². The number of carbonyl (C=O) groups excluding carboxylic acids is 5. The van der Waals surface area contributed by atoms with Crippen molar-refractivity contribution in [1.82, 2.24) is 39.8 Å². The summed E-state index contributed by atoms with van der Waals surface area (Å²) in [7, 11) is 4.14. The van der Waals surface area contributed by atoms with E-state index in [-0.39, 0.29) is 56.0 Å². The summed E-state index contributed by atoms with van der Waals surface area (Å²) in [4.78, 5) is 72.9. The van der Waals surface area contributed by atoms with Crippen LogP contribution >= 0.6 is 0 Å². The number of aromatic nitrogens is 2. The molecular formula is C77H98F4N8O15. The zero-order valence-electron chi connectivity index (χ0n) is 60.5. The largest absolute Gasteiger partial charge is 0.445 e. The van der Waals surface area contributed by atoms with E-state index in [1.54, 1.807) is 76.2 Å². The number of aliphatic hydroxyl groups excluding tert-OH is 7. The van der Waals surface area contributed by atoms with Gasteiger partial charge in [0.1, 0.15) is 84.6 Å². The minimum Gasteiger partial charge on any atom is -0.445 e. The smallest absolute Gasteiger partial charge is 0.410 e. The van der Waals surface area contributed by atoms with Crippen molar-refractivity contribution in [2.24, 2.45) is 10.8 Å². The number of nitrogens with zero attached hydrogens (tertiary/aromatic N) is 5. The highest BCUT2D eigenvalue weighted by Crippen LogP contribution is 2.45. The van der Waals surface area contributed by atoms with Crippen molar-refractivity contribution in [3.63, 3.8) is 0 Å². The van der Waals surface area contributed by atoms with Gasteiger partial charge in [-0.05, 0) is 183 Å². The average molecular weight is 1450 g/mol. The molecule has 14 atom stereocenters. The Morgan fingerprint density at radius 1 is 0.567 bits per heavy atom. The van der Waals surface area contributed by atoms with Gasteiger partial charge in [-0.25, -0.2) is 22.4 Å². The number of likely N-dealkylation sites (tertiary alicyclic amines) is 2. The van der Waals surface area contributed by atoms with Gasteiger partial charge in [-0.2, -0.15) is 0 Å². The summed E-state index contributed by atoms with van der Waals surface area (Å²) in [6.07, 6.45) is -8.76. The van der Waals surface area contributed by atoms with Crippen LogP contribution in [-0.4, -0.2) is 210 Å². The van der Waals surface area contributed by atoms with Crippen molar-refractivity contribution in [3.8, 4) is 22.5 Å². The van der Waals surface area contributed by atoms with E-state index in [1.807, 2.05) is 71.9 Å². The number of rotatable bonds is 18. The summed E-state index contributed by atoms with van der Waals surface area (Å²) in [6.45, 7) is 14.9. The molecular weight excluding hydrogens is 1350 g/mol. The Balaban J connectivity index is 0.000000240. The van der Waals surface area contributed by atoms with E-state index < -0.39 is 119 Å². The molecule has 11 rings (SSSR count). The Labute approximate surface area is 602 Å². The fourth-order valence-electron chi connectivity index (χ4n) is 14.1. The second-order valence-electron chi connectivity index (χ2n) is 29.3. The Bertz CT molecular complexity index is 4130. The lowest BCUT2D eigenvalue weighted by molar-refractivity contribution is -0.209. The fourth-order valence-corrected chi connectivity index (χ4v) is 14.1. The van der Waals surface area contributed by atoms with E-state index >= 15 is 0 Å². The maximum atomic E-state index is 15.0. The quantitative estimate of drug-likeness (QED) is 0.0374.